The van der Waals surface area contributed by atoms with Crippen molar-refractivity contribution >= 4 is 5.78 Å². The van der Waals surface area contributed by atoms with Gasteiger partial charge in [-0.05, 0) is 29.5 Å². The maximum atomic E-state index is 13.1. The molecule has 0 aliphatic heterocycles. The molecule has 0 aromatic heterocycles. The monoisotopic (exact) mass is 264 g/mol. The summed E-state index contributed by atoms with van der Waals surface area (Å²) in [6, 6.07) is 18.6. The van der Waals surface area contributed by atoms with Gasteiger partial charge in [-0.15, -0.1) is 0 Å². The molecule has 0 fully saturated rings. The molecule has 0 spiro atoms. The smallest absolute Gasteiger partial charge is 0.155 e. The van der Waals surface area contributed by atoms with Crippen molar-refractivity contribution in [2.24, 2.45) is 0 Å². The fourth-order valence-electron chi connectivity index (χ4n) is 3.76. The molecule has 1 aliphatic carbocycles. The highest BCUT2D eigenvalue weighted by Gasteiger charge is 2.50. The zero-order chi connectivity index (χ0) is 14.2. The van der Waals surface area contributed by atoms with E-state index in [0.29, 0.717) is 5.78 Å². The first-order valence-electron chi connectivity index (χ1n) is 7.45. The second kappa shape index (κ2) is 4.90. The van der Waals surface area contributed by atoms with Crippen LogP contribution >= 0.6 is 0 Å². The first-order valence-corrected chi connectivity index (χ1v) is 7.45. The summed E-state index contributed by atoms with van der Waals surface area (Å²) in [6.07, 6.45) is 1.70. The maximum absolute atomic E-state index is 13.1. The molecule has 1 unspecified atom stereocenters. The Morgan fingerprint density at radius 1 is 0.950 bits per heavy atom. The Morgan fingerprint density at radius 2 is 1.60 bits per heavy atom. The van der Waals surface area contributed by atoms with Crippen LogP contribution in [0.2, 0.25) is 0 Å². The van der Waals surface area contributed by atoms with Crippen LogP contribution in [-0.4, -0.2) is 5.78 Å². The molecular weight excluding hydrogens is 244 g/mol. The lowest BCUT2D eigenvalue weighted by molar-refractivity contribution is -0.123. The largest absolute Gasteiger partial charge is 0.298 e. The predicted molar refractivity (Wildman–Crippen MR) is 82.0 cm³/mol. The lowest BCUT2D eigenvalue weighted by Gasteiger charge is -2.28. The van der Waals surface area contributed by atoms with Crippen molar-refractivity contribution < 1.29 is 4.79 Å². The highest BCUT2D eigenvalue weighted by molar-refractivity contribution is 6.03. The van der Waals surface area contributed by atoms with Gasteiger partial charge in [0.15, 0.2) is 5.78 Å². The number of rotatable bonds is 3. The normalized spacial score (nSPS) is 24.7. The number of ketones is 1. The second-order valence-corrected chi connectivity index (χ2v) is 5.54. The third-order valence-corrected chi connectivity index (χ3v) is 4.74. The van der Waals surface area contributed by atoms with Gasteiger partial charge >= 0.3 is 0 Å². The highest BCUT2D eigenvalue weighted by atomic mass is 16.1. The zero-order valence-electron chi connectivity index (χ0n) is 12.1. The van der Waals surface area contributed by atoms with Crippen LogP contribution in [0.5, 0.6) is 0 Å². The number of hydrogen-bond acceptors (Lipinski definition) is 1. The van der Waals surface area contributed by atoms with Gasteiger partial charge in [0.1, 0.15) is 0 Å². The number of carbonyl (C=O) groups is 1. The van der Waals surface area contributed by atoms with Crippen LogP contribution in [0.4, 0.5) is 0 Å². The fourth-order valence-corrected chi connectivity index (χ4v) is 3.76. The van der Waals surface area contributed by atoms with Crippen LogP contribution < -0.4 is 0 Å². The van der Waals surface area contributed by atoms with Gasteiger partial charge in [-0.25, -0.2) is 0 Å². The number of carbonyl (C=O) groups excluding carboxylic acids is 1. The lowest BCUT2D eigenvalue weighted by atomic mass is 9.72. The minimum atomic E-state index is -0.446. The molecule has 1 nitrogen and oxygen atoms in total. The summed E-state index contributed by atoms with van der Waals surface area (Å²) in [5, 5.41) is 0. The topological polar surface area (TPSA) is 17.1 Å². The molecule has 2 aromatic rings. The first kappa shape index (κ1) is 13.1. The van der Waals surface area contributed by atoms with Crippen LogP contribution in [0.3, 0.4) is 0 Å². The van der Waals surface area contributed by atoms with Crippen LogP contribution in [-0.2, 0) is 10.2 Å². The maximum Gasteiger partial charge on any atom is 0.155 e. The summed E-state index contributed by atoms with van der Waals surface area (Å²) < 4.78 is 0. The van der Waals surface area contributed by atoms with E-state index in [0.717, 1.165) is 18.4 Å². The minimum absolute atomic E-state index is 0.0476. The number of hydrogen-bond donors (Lipinski definition) is 0. The Hall–Kier alpha value is -1.89. The highest BCUT2D eigenvalue weighted by Crippen LogP contribution is 2.50. The molecule has 0 bridgehead atoms. The average molecular weight is 264 g/mol. The van der Waals surface area contributed by atoms with Gasteiger partial charge < -0.3 is 0 Å². The number of fused-ring (bicyclic) bond motifs is 1. The van der Waals surface area contributed by atoms with Crippen molar-refractivity contribution in [1.82, 2.24) is 0 Å². The summed E-state index contributed by atoms with van der Waals surface area (Å²) in [5.74, 6) is 0.418. The number of Topliss-reactive ketones (excluding diaryl/α,β-unsaturated/α-hetero) is 1. The zero-order valence-corrected chi connectivity index (χ0v) is 12.1. The Kier molecular flexibility index (Phi) is 3.21. The standard InChI is InChI=1S/C19H20O/c1-3-15-16-12-8-9-13-17(16)19(4-2,18(15)20)14-10-6-5-7-11-14/h5-13,15H,3-4H2,1-2H3/t15?,19-/m0/s1. The van der Waals surface area contributed by atoms with E-state index in [1.807, 2.05) is 24.3 Å². The molecule has 1 aliphatic rings. The van der Waals surface area contributed by atoms with Crippen molar-refractivity contribution in [2.75, 3.05) is 0 Å². The Bertz CT molecular complexity index is 629. The Morgan fingerprint density at radius 3 is 2.25 bits per heavy atom. The van der Waals surface area contributed by atoms with Crippen molar-refractivity contribution in [3.63, 3.8) is 0 Å². The fraction of sp³-hybridized carbons (Fsp3) is 0.316. The Balaban J connectivity index is 2.29. The molecule has 0 saturated carbocycles. The van der Waals surface area contributed by atoms with Crippen molar-refractivity contribution in [1.29, 1.82) is 0 Å². The van der Waals surface area contributed by atoms with E-state index < -0.39 is 5.41 Å². The molecule has 0 N–H and O–H groups in total. The summed E-state index contributed by atoms with van der Waals surface area (Å²) in [4.78, 5) is 13.1. The SMILES string of the molecule is CCC1C(=O)[C@@](CC)(c2ccccc2)c2ccccc21. The molecule has 20 heavy (non-hydrogen) atoms. The summed E-state index contributed by atoms with van der Waals surface area (Å²) >= 11 is 0. The molecule has 0 amide bonds. The van der Waals surface area contributed by atoms with Crippen molar-refractivity contribution in [3.8, 4) is 0 Å². The Labute approximate surface area is 120 Å². The van der Waals surface area contributed by atoms with Gasteiger partial charge in [-0.2, -0.15) is 0 Å². The average Bonchev–Trinajstić information content (AvgIpc) is 2.76. The van der Waals surface area contributed by atoms with E-state index in [4.69, 9.17) is 0 Å². The molecule has 0 radical (unpaired) electrons. The molecule has 1 heteroatoms. The van der Waals surface area contributed by atoms with Crippen molar-refractivity contribution in [2.45, 2.75) is 38.0 Å². The minimum Gasteiger partial charge on any atom is -0.298 e. The lowest BCUT2D eigenvalue weighted by Crippen LogP contribution is -2.33. The molecule has 3 rings (SSSR count). The second-order valence-electron chi connectivity index (χ2n) is 5.54. The molecule has 0 heterocycles. The van der Waals surface area contributed by atoms with Crippen LogP contribution in [0, 0.1) is 0 Å². The predicted octanol–water partition coefficient (Wildman–Crippen LogP) is 4.46. The van der Waals surface area contributed by atoms with Gasteiger partial charge in [-0.3, -0.25) is 4.79 Å². The molecule has 2 aromatic carbocycles. The quantitative estimate of drug-likeness (QED) is 0.800. The molecule has 0 saturated heterocycles. The van der Waals surface area contributed by atoms with Gasteiger partial charge in [0.25, 0.3) is 0 Å². The van der Waals surface area contributed by atoms with E-state index in [-0.39, 0.29) is 5.92 Å². The van der Waals surface area contributed by atoms with Gasteiger partial charge in [0, 0.05) is 5.92 Å². The van der Waals surface area contributed by atoms with E-state index in [2.05, 4.69) is 44.2 Å². The summed E-state index contributed by atoms with van der Waals surface area (Å²) in [6.45, 7) is 4.23. The van der Waals surface area contributed by atoms with Crippen molar-refractivity contribution in [3.05, 3.63) is 71.3 Å². The third kappa shape index (κ3) is 1.59. The van der Waals surface area contributed by atoms with Gasteiger partial charge in [-0.1, -0.05) is 68.4 Å². The summed E-state index contributed by atoms with van der Waals surface area (Å²) in [7, 11) is 0. The number of benzene rings is 2. The van der Waals surface area contributed by atoms with Gasteiger partial charge in [0.2, 0.25) is 0 Å². The first-order chi connectivity index (χ1) is 9.75. The van der Waals surface area contributed by atoms with E-state index in [1.165, 1.54) is 11.1 Å². The summed E-state index contributed by atoms with van der Waals surface area (Å²) in [5.41, 5.74) is 3.13. The van der Waals surface area contributed by atoms with E-state index >= 15 is 0 Å². The van der Waals surface area contributed by atoms with E-state index in [9.17, 15) is 4.79 Å². The third-order valence-electron chi connectivity index (χ3n) is 4.74. The van der Waals surface area contributed by atoms with Crippen LogP contribution in [0.25, 0.3) is 0 Å². The van der Waals surface area contributed by atoms with E-state index in [1.54, 1.807) is 0 Å². The molecule has 2 atom stereocenters. The van der Waals surface area contributed by atoms with Crippen LogP contribution in [0.15, 0.2) is 54.6 Å². The molecule has 102 valence electrons. The van der Waals surface area contributed by atoms with Crippen LogP contribution in [0.1, 0.15) is 49.3 Å². The van der Waals surface area contributed by atoms with Gasteiger partial charge in [0.05, 0.1) is 5.41 Å². The molecular formula is C19H20O.